The van der Waals surface area contributed by atoms with Crippen LogP contribution in [0.4, 0.5) is 0 Å². The van der Waals surface area contributed by atoms with E-state index in [1.54, 1.807) is 6.92 Å². The molecule has 5 fully saturated rings. The minimum absolute atomic E-state index is 0.191. The van der Waals surface area contributed by atoms with E-state index in [0.717, 1.165) is 36.1 Å². The number of rotatable bonds is 4. The molecule has 6 nitrogen and oxygen atoms in total. The van der Waals surface area contributed by atoms with Crippen molar-refractivity contribution in [2.24, 2.45) is 40.9 Å². The summed E-state index contributed by atoms with van der Waals surface area (Å²) >= 11 is 0. The molecule has 5 aliphatic rings. The second-order valence-corrected chi connectivity index (χ2v) is 13.4. The standard InChI is InChI=1S/C29H49N5O/c1-18(35)34(4)23-12-7-19(8-13-23)21-9-14-25-24(15-21)27-26(16-31-25)32-33-28(27)20-5-10-22(11-6-20)29(2,3)17-30/h19-28,31-33H,5-16H2,1-4H3. The molecule has 2 aliphatic heterocycles. The van der Waals surface area contributed by atoms with Crippen LogP contribution in [0.25, 0.3) is 0 Å². The predicted octanol–water partition coefficient (Wildman–Crippen LogP) is 4.23. The summed E-state index contributed by atoms with van der Waals surface area (Å²) in [7, 11) is 1.99. The zero-order valence-corrected chi connectivity index (χ0v) is 22.6. The molecule has 0 radical (unpaired) electrons. The van der Waals surface area contributed by atoms with Crippen LogP contribution >= 0.6 is 0 Å². The number of hydrogen-bond acceptors (Lipinski definition) is 5. The number of nitrogens with zero attached hydrogens (tertiary/aromatic N) is 2. The van der Waals surface area contributed by atoms with Crippen LogP contribution in [0.1, 0.15) is 91.4 Å². The van der Waals surface area contributed by atoms with Gasteiger partial charge in [-0.25, -0.2) is 0 Å². The number of fused-ring (bicyclic) bond motifs is 3. The summed E-state index contributed by atoms with van der Waals surface area (Å²) in [5.41, 5.74) is 7.32. The van der Waals surface area contributed by atoms with E-state index in [-0.39, 0.29) is 11.3 Å². The summed E-state index contributed by atoms with van der Waals surface area (Å²) in [5, 5.41) is 13.5. The summed E-state index contributed by atoms with van der Waals surface area (Å²) in [6, 6.07) is 4.84. The van der Waals surface area contributed by atoms with Gasteiger partial charge in [0.15, 0.2) is 0 Å². The maximum absolute atomic E-state index is 11.8. The molecule has 0 spiro atoms. The summed E-state index contributed by atoms with van der Waals surface area (Å²) in [4.78, 5) is 13.8. The van der Waals surface area contributed by atoms with Crippen LogP contribution in [0.2, 0.25) is 0 Å². The van der Waals surface area contributed by atoms with E-state index < -0.39 is 0 Å². The van der Waals surface area contributed by atoms with Crippen molar-refractivity contribution >= 4 is 5.91 Å². The average Bonchev–Trinajstić information content (AvgIpc) is 3.33. The highest BCUT2D eigenvalue weighted by Gasteiger charge is 2.52. The zero-order valence-electron chi connectivity index (χ0n) is 22.6. The molecule has 6 atom stereocenters. The molecule has 0 aromatic carbocycles. The van der Waals surface area contributed by atoms with Crippen LogP contribution in [0, 0.1) is 52.3 Å². The second kappa shape index (κ2) is 10.3. The van der Waals surface area contributed by atoms with Gasteiger partial charge in [-0.1, -0.05) is 0 Å². The molecular formula is C29H49N5O. The number of carbonyl (C=O) groups is 1. The topological polar surface area (TPSA) is 80.2 Å². The molecule has 5 rings (SSSR count). The quantitative estimate of drug-likeness (QED) is 0.558. The first kappa shape index (κ1) is 25.5. The van der Waals surface area contributed by atoms with Crippen molar-refractivity contribution in [3.63, 3.8) is 0 Å². The lowest BCUT2D eigenvalue weighted by molar-refractivity contribution is -0.130. The third-order valence-corrected chi connectivity index (χ3v) is 11.4. The fourth-order valence-electron chi connectivity index (χ4n) is 8.96. The van der Waals surface area contributed by atoms with Crippen molar-refractivity contribution in [1.82, 2.24) is 21.1 Å². The van der Waals surface area contributed by atoms with Crippen molar-refractivity contribution in [2.75, 3.05) is 13.6 Å². The van der Waals surface area contributed by atoms with E-state index in [2.05, 4.69) is 36.1 Å². The summed E-state index contributed by atoms with van der Waals surface area (Å²) in [6.45, 7) is 7.07. The van der Waals surface area contributed by atoms with Crippen LogP contribution in [-0.2, 0) is 4.79 Å². The van der Waals surface area contributed by atoms with Gasteiger partial charge >= 0.3 is 0 Å². The number of hydrazine groups is 1. The fraction of sp³-hybridized carbons (Fsp3) is 0.931. The van der Waals surface area contributed by atoms with E-state index in [1.165, 1.54) is 70.6 Å². The van der Waals surface area contributed by atoms with Gasteiger partial charge in [-0.15, -0.1) is 0 Å². The van der Waals surface area contributed by atoms with Crippen molar-refractivity contribution in [2.45, 2.75) is 116 Å². The molecule has 3 aliphatic carbocycles. The fourth-order valence-corrected chi connectivity index (χ4v) is 8.96. The Balaban J connectivity index is 1.21. The third-order valence-electron chi connectivity index (χ3n) is 11.4. The van der Waals surface area contributed by atoms with Crippen molar-refractivity contribution < 1.29 is 4.79 Å². The summed E-state index contributed by atoms with van der Waals surface area (Å²) in [5.74, 6) is 4.70. The maximum atomic E-state index is 11.8. The second-order valence-electron chi connectivity index (χ2n) is 13.4. The lowest BCUT2D eigenvalue weighted by Gasteiger charge is -2.50. The number of nitriles is 1. The van der Waals surface area contributed by atoms with Gasteiger partial charge in [-0.2, -0.15) is 5.26 Å². The van der Waals surface area contributed by atoms with Gasteiger partial charge in [-0.3, -0.25) is 15.6 Å². The van der Waals surface area contributed by atoms with Crippen molar-refractivity contribution in [3.8, 4) is 6.07 Å². The Hall–Kier alpha value is -1.16. The average molecular weight is 484 g/mol. The van der Waals surface area contributed by atoms with E-state index in [1.807, 2.05) is 11.9 Å². The van der Waals surface area contributed by atoms with E-state index >= 15 is 0 Å². The monoisotopic (exact) mass is 483 g/mol. The SMILES string of the molecule is CC(=O)N(C)C1CCC(C2CCC3NCC4NNC(C5CCC(C(C)(C)C#N)CC5)C4C3C2)CC1. The van der Waals surface area contributed by atoms with Crippen LogP contribution in [0.3, 0.4) is 0 Å². The van der Waals surface area contributed by atoms with Crippen LogP contribution in [0.5, 0.6) is 0 Å². The van der Waals surface area contributed by atoms with Gasteiger partial charge in [0.2, 0.25) is 5.91 Å². The van der Waals surface area contributed by atoms with Crippen LogP contribution < -0.4 is 16.2 Å². The van der Waals surface area contributed by atoms with Crippen molar-refractivity contribution in [3.05, 3.63) is 0 Å². The molecule has 196 valence electrons. The summed E-state index contributed by atoms with van der Waals surface area (Å²) in [6.07, 6.45) is 14.0. The van der Waals surface area contributed by atoms with Crippen LogP contribution in [-0.4, -0.2) is 48.6 Å². The molecule has 2 saturated heterocycles. The molecule has 6 heteroatoms. The smallest absolute Gasteiger partial charge is 0.219 e. The minimum atomic E-state index is -0.191. The molecule has 3 N–H and O–H groups in total. The first-order valence-corrected chi connectivity index (χ1v) is 14.7. The highest BCUT2D eigenvalue weighted by Crippen LogP contribution is 2.49. The lowest BCUT2D eigenvalue weighted by atomic mass is 9.60. The highest BCUT2D eigenvalue weighted by atomic mass is 16.2. The molecular weight excluding hydrogens is 434 g/mol. The van der Waals surface area contributed by atoms with Gasteiger partial charge in [0.1, 0.15) is 0 Å². The number of amides is 1. The third kappa shape index (κ3) is 5.03. The van der Waals surface area contributed by atoms with Crippen LogP contribution in [0.15, 0.2) is 0 Å². The largest absolute Gasteiger partial charge is 0.343 e. The summed E-state index contributed by atoms with van der Waals surface area (Å²) < 4.78 is 0. The number of piperidine rings is 1. The predicted molar refractivity (Wildman–Crippen MR) is 139 cm³/mol. The van der Waals surface area contributed by atoms with E-state index in [0.29, 0.717) is 30.1 Å². The molecule has 6 unspecified atom stereocenters. The Morgan fingerprint density at radius 1 is 0.886 bits per heavy atom. The highest BCUT2D eigenvalue weighted by molar-refractivity contribution is 5.73. The molecule has 2 heterocycles. The van der Waals surface area contributed by atoms with E-state index in [9.17, 15) is 10.1 Å². The van der Waals surface area contributed by atoms with Gasteiger partial charge < -0.3 is 10.2 Å². The van der Waals surface area contributed by atoms with Crippen molar-refractivity contribution in [1.29, 1.82) is 5.26 Å². The van der Waals surface area contributed by atoms with Gasteiger partial charge in [0.25, 0.3) is 0 Å². The Morgan fingerprint density at radius 2 is 1.54 bits per heavy atom. The van der Waals surface area contributed by atoms with Gasteiger partial charge in [0.05, 0.1) is 11.5 Å². The van der Waals surface area contributed by atoms with Gasteiger partial charge in [0, 0.05) is 44.7 Å². The van der Waals surface area contributed by atoms with Gasteiger partial charge in [-0.05, 0) is 120 Å². The first-order valence-electron chi connectivity index (χ1n) is 14.7. The molecule has 0 aromatic rings. The Morgan fingerprint density at radius 3 is 2.20 bits per heavy atom. The molecule has 3 saturated carbocycles. The molecule has 0 aromatic heterocycles. The molecule has 1 amide bonds. The Kier molecular flexibility index (Phi) is 7.50. The Labute approximate surface area is 213 Å². The maximum Gasteiger partial charge on any atom is 0.219 e. The molecule has 35 heavy (non-hydrogen) atoms. The van der Waals surface area contributed by atoms with E-state index in [4.69, 9.17) is 0 Å². The zero-order chi connectivity index (χ0) is 24.7. The number of hydrogen-bond donors (Lipinski definition) is 3. The number of carbonyl (C=O) groups excluding carboxylic acids is 1. The normalized spacial score (nSPS) is 44.1. The minimum Gasteiger partial charge on any atom is -0.343 e. The first-order chi connectivity index (χ1) is 16.8. The molecule has 0 bridgehead atoms. The lowest BCUT2D eigenvalue weighted by Crippen LogP contribution is -2.58. The Bertz CT molecular complexity index is 791. The number of nitrogens with one attached hydrogen (secondary N) is 3.